The van der Waals surface area contributed by atoms with E-state index in [1.165, 1.54) is 18.4 Å². The molecule has 2 aromatic heterocycles. The summed E-state index contributed by atoms with van der Waals surface area (Å²) in [7, 11) is 0. The van der Waals surface area contributed by atoms with Crippen molar-refractivity contribution in [1.82, 2.24) is 15.3 Å². The smallest absolute Gasteiger partial charge is 0.219 e. The predicted octanol–water partition coefficient (Wildman–Crippen LogP) is 3.39. The van der Waals surface area contributed by atoms with Gasteiger partial charge in [0.05, 0.1) is 5.69 Å². The Labute approximate surface area is 125 Å². The maximum atomic E-state index is 5.92. The van der Waals surface area contributed by atoms with Gasteiger partial charge in [0.25, 0.3) is 0 Å². The minimum atomic E-state index is 0.630. The maximum Gasteiger partial charge on any atom is 0.219 e. The molecule has 0 aromatic carbocycles. The highest BCUT2D eigenvalue weighted by atomic mass is 16.5. The number of pyridine rings is 2. The normalized spacial score (nSPS) is 14.2. The van der Waals surface area contributed by atoms with E-state index in [2.05, 4.69) is 22.2 Å². The van der Waals surface area contributed by atoms with Crippen molar-refractivity contribution in [2.45, 2.75) is 45.7 Å². The van der Waals surface area contributed by atoms with Crippen molar-refractivity contribution in [3.8, 4) is 11.6 Å². The molecule has 21 heavy (non-hydrogen) atoms. The van der Waals surface area contributed by atoms with E-state index in [0.717, 1.165) is 30.1 Å². The summed E-state index contributed by atoms with van der Waals surface area (Å²) in [5.41, 5.74) is 3.18. The summed E-state index contributed by atoms with van der Waals surface area (Å²) in [6.45, 7) is 4.94. The molecular formula is C17H21N3O. The molecular weight excluding hydrogens is 262 g/mol. The summed E-state index contributed by atoms with van der Waals surface area (Å²) >= 11 is 0. The Balaban J connectivity index is 1.73. The van der Waals surface area contributed by atoms with E-state index in [-0.39, 0.29) is 0 Å². The Kier molecular flexibility index (Phi) is 4.15. The summed E-state index contributed by atoms with van der Waals surface area (Å²) in [5, 5.41) is 3.50. The van der Waals surface area contributed by atoms with E-state index < -0.39 is 0 Å². The topological polar surface area (TPSA) is 47.0 Å². The number of hydrogen-bond donors (Lipinski definition) is 1. The first-order chi connectivity index (χ1) is 10.2. The molecule has 0 radical (unpaired) electrons. The van der Waals surface area contributed by atoms with Crippen LogP contribution < -0.4 is 10.1 Å². The molecule has 3 rings (SSSR count). The first-order valence-electron chi connectivity index (χ1n) is 7.57. The first-order valence-corrected chi connectivity index (χ1v) is 7.57. The number of aromatic nitrogens is 2. The molecule has 1 fully saturated rings. The summed E-state index contributed by atoms with van der Waals surface area (Å²) in [6.07, 6.45) is 5.24. The lowest BCUT2D eigenvalue weighted by Crippen LogP contribution is -2.15. The van der Waals surface area contributed by atoms with Crippen LogP contribution in [0.4, 0.5) is 0 Å². The third-order valence-corrected chi connectivity index (χ3v) is 3.59. The van der Waals surface area contributed by atoms with E-state index in [4.69, 9.17) is 4.74 Å². The average molecular weight is 283 g/mol. The fourth-order valence-corrected chi connectivity index (χ4v) is 2.22. The number of nitrogens with zero attached hydrogens (tertiary/aromatic N) is 2. The molecule has 0 saturated heterocycles. The van der Waals surface area contributed by atoms with Crippen LogP contribution in [0.25, 0.3) is 0 Å². The van der Waals surface area contributed by atoms with Crippen molar-refractivity contribution in [3.63, 3.8) is 0 Å². The fraction of sp³-hybridized carbons (Fsp3) is 0.412. The van der Waals surface area contributed by atoms with E-state index in [1.54, 1.807) is 6.20 Å². The lowest BCUT2D eigenvalue weighted by Gasteiger charge is -2.10. The molecule has 2 aromatic rings. The van der Waals surface area contributed by atoms with Gasteiger partial charge in [-0.05, 0) is 49.9 Å². The van der Waals surface area contributed by atoms with Crippen LogP contribution in [0.5, 0.6) is 11.6 Å². The lowest BCUT2D eigenvalue weighted by atomic mass is 10.2. The van der Waals surface area contributed by atoms with Crippen molar-refractivity contribution in [2.24, 2.45) is 0 Å². The monoisotopic (exact) mass is 283 g/mol. The van der Waals surface area contributed by atoms with Crippen LogP contribution in [0.1, 0.15) is 36.7 Å². The van der Waals surface area contributed by atoms with Gasteiger partial charge in [0, 0.05) is 30.5 Å². The molecule has 110 valence electrons. The molecule has 0 bridgehead atoms. The highest BCUT2D eigenvalue weighted by Gasteiger charge is 2.20. The van der Waals surface area contributed by atoms with Gasteiger partial charge in [-0.15, -0.1) is 0 Å². The van der Waals surface area contributed by atoms with Gasteiger partial charge in [-0.2, -0.15) is 0 Å². The number of hydrogen-bond acceptors (Lipinski definition) is 4. The Hall–Kier alpha value is -1.94. The lowest BCUT2D eigenvalue weighted by molar-refractivity contribution is 0.453. The first kappa shape index (κ1) is 14.0. The summed E-state index contributed by atoms with van der Waals surface area (Å²) in [5.74, 6) is 1.42. The molecule has 0 amide bonds. The highest BCUT2D eigenvalue weighted by molar-refractivity contribution is 5.33. The Bertz CT molecular complexity index is 623. The molecule has 4 heteroatoms. The summed E-state index contributed by atoms with van der Waals surface area (Å²) in [6, 6.07) is 8.66. The van der Waals surface area contributed by atoms with Crippen molar-refractivity contribution in [1.29, 1.82) is 0 Å². The Morgan fingerprint density at radius 2 is 2.14 bits per heavy atom. The standard InChI is InChI=1S/C17H21N3O/c1-3-15-16(7-4-12(2)20-15)21-17-10-13(8-9-18-17)11-19-14-5-6-14/h4,7-10,14,19H,3,5-6,11H2,1-2H3. The number of ether oxygens (including phenoxy) is 1. The van der Waals surface area contributed by atoms with Gasteiger partial charge < -0.3 is 10.1 Å². The number of rotatable bonds is 6. The average Bonchev–Trinajstić information content (AvgIpc) is 3.32. The quantitative estimate of drug-likeness (QED) is 0.882. The van der Waals surface area contributed by atoms with Gasteiger partial charge in [0.2, 0.25) is 5.88 Å². The van der Waals surface area contributed by atoms with E-state index in [9.17, 15) is 0 Å². The van der Waals surface area contributed by atoms with Crippen LogP contribution >= 0.6 is 0 Å². The summed E-state index contributed by atoms with van der Waals surface area (Å²) in [4.78, 5) is 8.81. The molecule has 4 nitrogen and oxygen atoms in total. The minimum absolute atomic E-state index is 0.630. The van der Waals surface area contributed by atoms with Crippen molar-refractivity contribution in [3.05, 3.63) is 47.4 Å². The zero-order chi connectivity index (χ0) is 14.7. The third kappa shape index (κ3) is 3.79. The SMILES string of the molecule is CCc1nc(C)ccc1Oc1cc(CNC2CC2)ccn1. The van der Waals surface area contributed by atoms with Crippen LogP contribution in [0.3, 0.4) is 0 Å². The maximum absolute atomic E-state index is 5.92. The second-order valence-corrected chi connectivity index (χ2v) is 5.51. The van der Waals surface area contributed by atoms with Gasteiger partial charge in [-0.3, -0.25) is 4.98 Å². The Morgan fingerprint density at radius 3 is 2.90 bits per heavy atom. The van der Waals surface area contributed by atoms with Crippen LogP contribution in [0, 0.1) is 6.92 Å². The fourth-order valence-electron chi connectivity index (χ4n) is 2.22. The zero-order valence-corrected chi connectivity index (χ0v) is 12.6. The molecule has 0 unspecified atom stereocenters. The molecule has 0 atom stereocenters. The van der Waals surface area contributed by atoms with Crippen LogP contribution in [0.15, 0.2) is 30.5 Å². The van der Waals surface area contributed by atoms with Crippen molar-refractivity contribution < 1.29 is 4.74 Å². The second kappa shape index (κ2) is 6.22. The Morgan fingerprint density at radius 1 is 1.29 bits per heavy atom. The third-order valence-electron chi connectivity index (χ3n) is 3.59. The van der Waals surface area contributed by atoms with Crippen molar-refractivity contribution >= 4 is 0 Å². The van der Waals surface area contributed by atoms with Crippen LogP contribution in [0.2, 0.25) is 0 Å². The van der Waals surface area contributed by atoms with Gasteiger partial charge in [-0.1, -0.05) is 6.92 Å². The van der Waals surface area contributed by atoms with Crippen LogP contribution in [-0.2, 0) is 13.0 Å². The van der Waals surface area contributed by atoms with Gasteiger partial charge in [0.1, 0.15) is 0 Å². The molecule has 2 heterocycles. The van der Waals surface area contributed by atoms with Crippen molar-refractivity contribution in [2.75, 3.05) is 0 Å². The predicted molar refractivity (Wildman–Crippen MR) is 82.5 cm³/mol. The van der Waals surface area contributed by atoms with E-state index >= 15 is 0 Å². The second-order valence-electron chi connectivity index (χ2n) is 5.51. The highest BCUT2D eigenvalue weighted by Crippen LogP contribution is 2.24. The van der Waals surface area contributed by atoms with Gasteiger partial charge in [-0.25, -0.2) is 4.98 Å². The molecule has 0 spiro atoms. The largest absolute Gasteiger partial charge is 0.437 e. The molecule has 1 aliphatic carbocycles. The van der Waals surface area contributed by atoms with Crippen LogP contribution in [-0.4, -0.2) is 16.0 Å². The molecule has 1 saturated carbocycles. The van der Waals surface area contributed by atoms with E-state index in [0.29, 0.717) is 11.9 Å². The number of nitrogens with one attached hydrogen (secondary N) is 1. The molecule has 1 aliphatic rings. The molecule has 0 aliphatic heterocycles. The molecule has 1 N–H and O–H groups in total. The minimum Gasteiger partial charge on any atom is -0.437 e. The summed E-state index contributed by atoms with van der Waals surface area (Å²) < 4.78 is 5.92. The number of aryl methyl sites for hydroxylation is 2. The van der Waals surface area contributed by atoms with Gasteiger partial charge >= 0.3 is 0 Å². The van der Waals surface area contributed by atoms with E-state index in [1.807, 2.05) is 31.2 Å². The zero-order valence-electron chi connectivity index (χ0n) is 12.6. The van der Waals surface area contributed by atoms with Gasteiger partial charge in [0.15, 0.2) is 5.75 Å².